The van der Waals surface area contributed by atoms with Crippen molar-refractivity contribution in [3.05, 3.63) is 94.2 Å². The molecule has 8 bridgehead atoms. The zero-order valence-electron chi connectivity index (χ0n) is 29.8. The predicted octanol–water partition coefficient (Wildman–Crippen LogP) is 11.5. The standard InChI is InChI=1S/C43H58N4O/c1-3-5-7-9-11-13-15-17-19-21-35-38-25-23-33(44-38)31-34-24-26-39(45-34)36(22-20-18-16-14-12-10-8-6-4-2)41-28-30-43(47-41)37(32-48)42-29-27-40(35)46-42/h23-31,48H,3-22,32H2,1-2H3. The second kappa shape index (κ2) is 19.5. The Hall–Kier alpha value is -3.44. The molecule has 48 heavy (non-hydrogen) atoms. The molecule has 0 unspecified atom stereocenters. The van der Waals surface area contributed by atoms with E-state index in [4.69, 9.17) is 20.0 Å². The van der Waals surface area contributed by atoms with Gasteiger partial charge >= 0.3 is 0 Å². The third-order valence-corrected chi connectivity index (χ3v) is 9.97. The normalized spacial score (nSPS) is 18.0. The van der Waals surface area contributed by atoms with Gasteiger partial charge in [-0.1, -0.05) is 117 Å². The van der Waals surface area contributed by atoms with E-state index in [1.807, 2.05) is 12.2 Å². The maximum Gasteiger partial charge on any atom is 0.0724 e. The third-order valence-electron chi connectivity index (χ3n) is 9.97. The molecule has 0 aromatic carbocycles. The molecule has 0 saturated heterocycles. The number of allylic oxidation sites excluding steroid dienone is 11. The van der Waals surface area contributed by atoms with Gasteiger partial charge in [0, 0.05) is 16.7 Å². The van der Waals surface area contributed by atoms with Crippen LogP contribution in [0.2, 0.25) is 0 Å². The summed E-state index contributed by atoms with van der Waals surface area (Å²) in [5.41, 5.74) is 10.4. The van der Waals surface area contributed by atoms with Crippen LogP contribution >= 0.6 is 0 Å². The van der Waals surface area contributed by atoms with E-state index in [1.165, 1.54) is 114 Å². The molecule has 0 aromatic rings. The number of rotatable bonds is 21. The number of unbranched alkanes of at least 4 members (excludes halogenated alkanes) is 16. The first-order valence-corrected chi connectivity index (χ1v) is 19.3. The van der Waals surface area contributed by atoms with E-state index < -0.39 is 0 Å². The van der Waals surface area contributed by atoms with E-state index in [-0.39, 0.29) is 6.61 Å². The van der Waals surface area contributed by atoms with Crippen LogP contribution in [0.1, 0.15) is 142 Å². The highest BCUT2D eigenvalue weighted by atomic mass is 16.3. The number of aliphatic imine (C=N–C) groups is 4. The Bertz CT molecular complexity index is 1490. The number of aliphatic hydroxyl groups excluding tert-OH is 1. The average molecular weight is 647 g/mol. The lowest BCUT2D eigenvalue weighted by molar-refractivity contribution is 0.336. The Morgan fingerprint density at radius 3 is 1.38 bits per heavy atom. The van der Waals surface area contributed by atoms with Crippen molar-refractivity contribution in [1.82, 2.24) is 0 Å². The van der Waals surface area contributed by atoms with Gasteiger partial charge in [-0.25, -0.2) is 20.0 Å². The second-order valence-electron chi connectivity index (χ2n) is 13.8. The quantitative estimate of drug-likeness (QED) is 0.124. The maximum absolute atomic E-state index is 10.6. The maximum atomic E-state index is 10.6. The Labute approximate surface area is 290 Å². The highest BCUT2D eigenvalue weighted by molar-refractivity contribution is 6.18. The van der Waals surface area contributed by atoms with Crippen LogP contribution in [-0.4, -0.2) is 34.6 Å². The summed E-state index contributed by atoms with van der Waals surface area (Å²) in [4.78, 5) is 20.3. The molecule has 1 N–H and O–H groups in total. The molecule has 5 heterocycles. The van der Waals surface area contributed by atoms with Gasteiger partial charge in [0.2, 0.25) is 0 Å². The Balaban J connectivity index is 1.33. The molecule has 5 nitrogen and oxygen atoms in total. The first-order valence-electron chi connectivity index (χ1n) is 19.3. The van der Waals surface area contributed by atoms with Crippen molar-refractivity contribution in [2.45, 2.75) is 142 Å². The minimum absolute atomic E-state index is 0.111. The summed E-state index contributed by atoms with van der Waals surface area (Å²) in [6, 6.07) is 0. The molecule has 0 spiro atoms. The molecule has 5 aliphatic rings. The highest BCUT2D eigenvalue weighted by Crippen LogP contribution is 2.31. The molecule has 0 aromatic heterocycles. The molecule has 0 saturated carbocycles. The van der Waals surface area contributed by atoms with Crippen LogP contribution in [0.4, 0.5) is 0 Å². The molecule has 5 aliphatic heterocycles. The van der Waals surface area contributed by atoms with E-state index in [1.54, 1.807) is 0 Å². The summed E-state index contributed by atoms with van der Waals surface area (Å²) in [6.07, 6.45) is 44.1. The summed E-state index contributed by atoms with van der Waals surface area (Å²) in [5.74, 6) is 0. The van der Waals surface area contributed by atoms with E-state index in [2.05, 4.69) is 56.4 Å². The molecule has 0 atom stereocenters. The largest absolute Gasteiger partial charge is 0.392 e. The van der Waals surface area contributed by atoms with Gasteiger partial charge in [-0.05, 0) is 80.4 Å². The molecular weight excluding hydrogens is 589 g/mol. The molecule has 0 aliphatic carbocycles. The van der Waals surface area contributed by atoms with Crippen molar-refractivity contribution in [3.8, 4) is 0 Å². The smallest absolute Gasteiger partial charge is 0.0724 e. The van der Waals surface area contributed by atoms with Crippen LogP contribution in [0.15, 0.2) is 114 Å². The minimum atomic E-state index is -0.111. The van der Waals surface area contributed by atoms with E-state index in [0.717, 1.165) is 76.9 Å². The van der Waals surface area contributed by atoms with E-state index >= 15 is 0 Å². The fourth-order valence-electron chi connectivity index (χ4n) is 7.09. The number of fused-ring (bicyclic) bond motifs is 4. The number of nitrogens with zero attached hydrogens (tertiary/aromatic N) is 4. The van der Waals surface area contributed by atoms with Gasteiger partial charge < -0.3 is 5.11 Å². The van der Waals surface area contributed by atoms with Crippen molar-refractivity contribution in [2.24, 2.45) is 20.0 Å². The fourth-order valence-corrected chi connectivity index (χ4v) is 7.09. The highest BCUT2D eigenvalue weighted by Gasteiger charge is 2.23. The van der Waals surface area contributed by atoms with Crippen molar-refractivity contribution in [2.75, 3.05) is 6.61 Å². The van der Waals surface area contributed by atoms with Crippen molar-refractivity contribution in [3.63, 3.8) is 0 Å². The van der Waals surface area contributed by atoms with Gasteiger partial charge in [0.15, 0.2) is 0 Å². The Morgan fingerprint density at radius 2 is 0.833 bits per heavy atom. The summed E-state index contributed by atoms with van der Waals surface area (Å²) in [7, 11) is 0. The van der Waals surface area contributed by atoms with Gasteiger partial charge in [0.05, 0.1) is 52.2 Å². The molecule has 5 rings (SSSR count). The molecule has 256 valence electrons. The van der Waals surface area contributed by atoms with Gasteiger partial charge in [0.25, 0.3) is 0 Å². The zero-order chi connectivity index (χ0) is 33.4. The van der Waals surface area contributed by atoms with Crippen LogP contribution in [0.3, 0.4) is 0 Å². The lowest BCUT2D eigenvalue weighted by Gasteiger charge is -2.10. The fraction of sp³-hybridized carbons (Fsp3) is 0.535. The molecule has 0 radical (unpaired) electrons. The Kier molecular flexibility index (Phi) is 14.6. The molecule has 0 amide bonds. The van der Waals surface area contributed by atoms with Crippen LogP contribution in [0.5, 0.6) is 0 Å². The van der Waals surface area contributed by atoms with Crippen LogP contribution in [0, 0.1) is 0 Å². The van der Waals surface area contributed by atoms with Gasteiger partial charge in [0.1, 0.15) is 0 Å². The molecular formula is C43H58N4O. The van der Waals surface area contributed by atoms with Crippen molar-refractivity contribution < 1.29 is 5.11 Å². The lowest BCUT2D eigenvalue weighted by atomic mass is 9.99. The number of hydrogen-bond acceptors (Lipinski definition) is 5. The predicted molar refractivity (Wildman–Crippen MR) is 206 cm³/mol. The molecule has 0 fully saturated rings. The van der Waals surface area contributed by atoms with Gasteiger partial charge in [-0.2, -0.15) is 0 Å². The van der Waals surface area contributed by atoms with Crippen molar-refractivity contribution >= 4 is 22.8 Å². The summed E-state index contributed by atoms with van der Waals surface area (Å²) < 4.78 is 0. The second-order valence-corrected chi connectivity index (χ2v) is 13.8. The first-order chi connectivity index (χ1) is 23.7. The SMILES string of the molecule is CCCCCCCCCCCC1=C2C=CC(=N2)C=C2C=CC(=N2)C(CCCCCCCCCCC)=C2C=CC(=N2)C(CO)=C2C=CC1=N2. The zero-order valence-corrected chi connectivity index (χ0v) is 29.8. The first kappa shape index (κ1) is 35.9. The van der Waals surface area contributed by atoms with Crippen LogP contribution in [-0.2, 0) is 0 Å². The third kappa shape index (κ3) is 10.3. The van der Waals surface area contributed by atoms with E-state index in [0.29, 0.717) is 0 Å². The molecule has 5 heteroatoms. The summed E-state index contributed by atoms with van der Waals surface area (Å²) in [6.45, 7) is 4.44. The van der Waals surface area contributed by atoms with Crippen molar-refractivity contribution in [1.29, 1.82) is 0 Å². The van der Waals surface area contributed by atoms with Crippen LogP contribution in [0.25, 0.3) is 0 Å². The average Bonchev–Trinajstić information content (AvgIpc) is 3.93. The Morgan fingerprint density at radius 1 is 0.417 bits per heavy atom. The minimum Gasteiger partial charge on any atom is -0.392 e. The number of aliphatic hydroxyl groups is 1. The topological polar surface area (TPSA) is 69.7 Å². The van der Waals surface area contributed by atoms with Gasteiger partial charge in [-0.15, -0.1) is 0 Å². The van der Waals surface area contributed by atoms with Gasteiger partial charge in [-0.3, -0.25) is 0 Å². The number of hydrogen-bond donors (Lipinski definition) is 1. The monoisotopic (exact) mass is 646 g/mol. The summed E-state index contributed by atoms with van der Waals surface area (Å²) in [5, 5.41) is 10.6. The lowest BCUT2D eigenvalue weighted by Crippen LogP contribution is -2.06. The van der Waals surface area contributed by atoms with E-state index in [9.17, 15) is 5.11 Å². The summed E-state index contributed by atoms with van der Waals surface area (Å²) >= 11 is 0. The van der Waals surface area contributed by atoms with Crippen LogP contribution < -0.4 is 0 Å².